The van der Waals surface area contributed by atoms with Gasteiger partial charge in [0, 0.05) is 0 Å². The van der Waals surface area contributed by atoms with Crippen LogP contribution in [0.3, 0.4) is 0 Å². The van der Waals surface area contributed by atoms with E-state index >= 15 is 0 Å². The summed E-state index contributed by atoms with van der Waals surface area (Å²) in [7, 11) is -23.6. The van der Waals surface area contributed by atoms with Crippen molar-refractivity contribution in [3.05, 3.63) is 0 Å². The highest BCUT2D eigenvalue weighted by Crippen LogP contribution is 2.68. The zero-order valence-electron chi connectivity index (χ0n) is 37.4. The van der Waals surface area contributed by atoms with Crippen LogP contribution in [0.1, 0.15) is 166 Å². The van der Waals surface area contributed by atoms with E-state index in [0.717, 1.165) is 0 Å². The fourth-order valence-corrected chi connectivity index (χ4v) is 134. The standard InChI is InChI=1S/C36H84O6Si8/c1-25(2)43(26(3)4)37-47(33(17)18)41-49(35(21)22)39-45(29(9)10,30(11)12)46(31(13)14,32(15)16)40-50(49,36(23)24)42-48(47,34(19)20)38-44(43,27(5)6)28(7)8/h25-36H,1-24H3. The zero-order valence-corrected chi connectivity index (χ0v) is 45.4. The van der Waals surface area contributed by atoms with E-state index in [2.05, 4.69) is 166 Å². The highest BCUT2D eigenvalue weighted by Gasteiger charge is 2.92. The van der Waals surface area contributed by atoms with E-state index in [1.54, 1.807) is 0 Å². The Labute approximate surface area is 319 Å². The Morgan fingerprint density at radius 3 is 0.380 bits per heavy atom. The summed E-state index contributed by atoms with van der Waals surface area (Å²) >= 11 is 0. The zero-order chi connectivity index (χ0) is 39.2. The van der Waals surface area contributed by atoms with Crippen molar-refractivity contribution in [3.8, 4) is 0 Å². The lowest BCUT2D eigenvalue weighted by Gasteiger charge is -2.76. The third-order valence-corrected chi connectivity index (χ3v) is 98.2. The molecule has 4 unspecified atom stereocenters. The van der Waals surface area contributed by atoms with Crippen molar-refractivity contribution in [3.63, 3.8) is 0 Å². The fraction of sp³-hybridized carbons (Fsp3) is 1.00. The molecule has 0 saturated carbocycles. The molecule has 3 rings (SSSR count). The minimum atomic E-state index is -3.28. The summed E-state index contributed by atoms with van der Waals surface area (Å²) in [5.74, 6) is 0. The van der Waals surface area contributed by atoms with Gasteiger partial charge in [-0.25, -0.2) is 0 Å². The van der Waals surface area contributed by atoms with Gasteiger partial charge in [0.15, 0.2) is 0 Å². The average molecular weight is 838 g/mol. The molecule has 0 aliphatic carbocycles. The van der Waals surface area contributed by atoms with E-state index in [4.69, 9.17) is 24.7 Å². The molecule has 3 heterocycles. The Morgan fingerprint density at radius 2 is 0.300 bits per heavy atom. The normalized spacial score (nSPS) is 33.8. The molecule has 0 aromatic carbocycles. The van der Waals surface area contributed by atoms with E-state index < -0.39 is 63.7 Å². The summed E-state index contributed by atoms with van der Waals surface area (Å²) < 4.78 is 51.7. The van der Waals surface area contributed by atoms with Crippen molar-refractivity contribution in [1.29, 1.82) is 0 Å². The van der Waals surface area contributed by atoms with E-state index in [1.165, 1.54) is 0 Å². The van der Waals surface area contributed by atoms with Crippen LogP contribution in [0.4, 0.5) is 0 Å². The quantitative estimate of drug-likeness (QED) is 0.183. The first-order chi connectivity index (χ1) is 22.6. The molecule has 0 spiro atoms. The molecule has 0 N–H and O–H groups in total. The van der Waals surface area contributed by atoms with Crippen molar-refractivity contribution in [2.24, 2.45) is 0 Å². The van der Waals surface area contributed by atoms with Gasteiger partial charge in [-0.3, -0.25) is 0 Å². The molecule has 4 atom stereocenters. The van der Waals surface area contributed by atoms with Crippen LogP contribution >= 0.6 is 0 Å². The maximum atomic E-state index is 8.63. The molecule has 3 fully saturated rings. The molecule has 14 heteroatoms. The summed E-state index contributed by atoms with van der Waals surface area (Å²) in [6.45, 7) is 58.5. The summed E-state index contributed by atoms with van der Waals surface area (Å²) in [4.78, 5) is 0. The van der Waals surface area contributed by atoms with E-state index in [9.17, 15) is 0 Å². The molecule has 296 valence electrons. The Kier molecular flexibility index (Phi) is 13.6. The summed E-state index contributed by atoms with van der Waals surface area (Å²) in [6, 6.07) is 0. The topological polar surface area (TPSA) is 55.4 Å². The van der Waals surface area contributed by atoms with Crippen molar-refractivity contribution in [2.75, 3.05) is 0 Å². The lowest BCUT2D eigenvalue weighted by molar-refractivity contribution is 0.196. The van der Waals surface area contributed by atoms with Crippen LogP contribution in [0.5, 0.6) is 0 Å². The molecule has 0 aromatic heterocycles. The summed E-state index contributed by atoms with van der Waals surface area (Å²) in [5, 5.41) is 0. The van der Waals surface area contributed by atoms with Crippen LogP contribution in [0.2, 0.25) is 66.5 Å². The number of rotatable bonds is 12. The largest absolute Gasteiger partial charge is 0.434 e. The van der Waals surface area contributed by atoms with Crippen LogP contribution in [-0.4, -0.2) is 63.7 Å². The molecule has 50 heavy (non-hydrogen) atoms. The van der Waals surface area contributed by atoms with Gasteiger partial charge in [-0.05, 0) is 66.5 Å². The van der Waals surface area contributed by atoms with Gasteiger partial charge >= 0.3 is 32.3 Å². The minimum absolute atomic E-state index is 0.173. The lowest BCUT2D eigenvalue weighted by Crippen LogP contribution is -3.01. The second kappa shape index (κ2) is 14.8. The molecule has 3 aliphatic heterocycles. The van der Waals surface area contributed by atoms with Gasteiger partial charge in [0.1, 0.15) is 0 Å². The summed E-state index contributed by atoms with van der Waals surface area (Å²) in [5.41, 5.74) is 3.92. The van der Waals surface area contributed by atoms with Crippen LogP contribution in [0, 0.1) is 0 Å². The smallest absolute Gasteiger partial charge is 0.366 e. The number of fused-ring (bicyclic) bond motifs is 2. The van der Waals surface area contributed by atoms with Gasteiger partial charge in [0.05, 0.1) is 0 Å². The SMILES string of the molecule is CC(C)[Si]12O[Si]3(C(C)C)O[Si](C(C)C)(C(C)C)[Si](C(C)C)(C(C)C)O[Si]3(C(C)C)O[Si]1(C(C)C)O[Si](C(C)C)(C(C)C)[Si](C(C)C)(C(C)C)O2. The highest BCUT2D eigenvalue weighted by molar-refractivity contribution is 7.58. The first-order valence-corrected chi connectivity index (χ1v) is 40.6. The summed E-state index contributed by atoms with van der Waals surface area (Å²) in [6.07, 6.45) is 0. The Bertz CT molecular complexity index is 983. The fourth-order valence-electron chi connectivity index (χ4n) is 12.2. The maximum Gasteiger partial charge on any atom is 0.366 e. The van der Waals surface area contributed by atoms with Crippen molar-refractivity contribution in [2.45, 2.75) is 233 Å². The van der Waals surface area contributed by atoms with E-state index in [-0.39, 0.29) is 22.2 Å². The Balaban J connectivity index is 2.73. The van der Waals surface area contributed by atoms with Crippen molar-refractivity contribution < 1.29 is 24.7 Å². The monoisotopic (exact) mass is 836 g/mol. The van der Waals surface area contributed by atoms with Crippen LogP contribution in [-0.2, 0) is 24.7 Å². The minimum Gasteiger partial charge on any atom is -0.434 e. The molecule has 6 nitrogen and oxygen atoms in total. The molecular formula is C36H84O6Si8. The third-order valence-electron chi connectivity index (χ3n) is 14.0. The maximum absolute atomic E-state index is 8.63. The molecular weight excluding hydrogens is 753 g/mol. The van der Waals surface area contributed by atoms with Crippen LogP contribution < -0.4 is 0 Å². The predicted molar refractivity (Wildman–Crippen MR) is 234 cm³/mol. The van der Waals surface area contributed by atoms with E-state index in [1.807, 2.05) is 0 Å². The van der Waals surface area contributed by atoms with Gasteiger partial charge in [-0.2, -0.15) is 0 Å². The highest BCUT2D eigenvalue weighted by atomic mass is 29.4. The molecule has 3 aliphatic rings. The van der Waals surface area contributed by atoms with Gasteiger partial charge in [-0.1, -0.05) is 166 Å². The van der Waals surface area contributed by atoms with Crippen LogP contribution in [0.25, 0.3) is 0 Å². The Hall–Kier alpha value is 1.50. The van der Waals surface area contributed by atoms with Gasteiger partial charge in [0.2, 0.25) is 31.3 Å². The predicted octanol–water partition coefficient (Wildman–Crippen LogP) is 12.9. The second-order valence-corrected chi connectivity index (χ2v) is 68.5. The van der Waals surface area contributed by atoms with Gasteiger partial charge in [0.25, 0.3) is 0 Å². The lowest BCUT2D eigenvalue weighted by atomic mass is 10.5. The van der Waals surface area contributed by atoms with Crippen LogP contribution in [0.15, 0.2) is 0 Å². The van der Waals surface area contributed by atoms with E-state index in [0.29, 0.717) is 44.3 Å². The van der Waals surface area contributed by atoms with Gasteiger partial charge in [-0.15, -0.1) is 0 Å². The molecule has 0 amide bonds. The number of hydrogen-bond donors (Lipinski definition) is 0. The second-order valence-electron chi connectivity index (χ2n) is 20.3. The Morgan fingerprint density at radius 1 is 0.180 bits per heavy atom. The average Bonchev–Trinajstić information content (AvgIpc) is 2.96. The molecule has 0 bridgehead atoms. The molecule has 0 radical (unpaired) electrons. The van der Waals surface area contributed by atoms with Crippen molar-refractivity contribution in [1.82, 2.24) is 0 Å². The first-order valence-electron chi connectivity index (χ1n) is 20.8. The molecule has 3 saturated heterocycles. The first kappa shape index (κ1) is 45.9. The molecule has 0 aromatic rings. The third kappa shape index (κ3) is 5.50. The number of hydrogen-bond acceptors (Lipinski definition) is 6. The van der Waals surface area contributed by atoms with Gasteiger partial charge < -0.3 is 24.7 Å². The van der Waals surface area contributed by atoms with Crippen molar-refractivity contribution >= 4 is 63.7 Å².